The molecule has 1 aromatic heterocycles. The van der Waals surface area contributed by atoms with E-state index in [1.807, 2.05) is 7.05 Å². The maximum absolute atomic E-state index is 5.25. The molecule has 1 heterocycles. The highest BCUT2D eigenvalue weighted by Crippen LogP contribution is 2.26. The molecule has 0 radical (unpaired) electrons. The van der Waals surface area contributed by atoms with Crippen LogP contribution in [0.15, 0.2) is 46.4 Å². The first kappa shape index (κ1) is 15.1. The first-order valence-corrected chi connectivity index (χ1v) is 7.79. The molecule has 1 aromatic carbocycles. The quantitative estimate of drug-likeness (QED) is 0.844. The van der Waals surface area contributed by atoms with Gasteiger partial charge in [0, 0.05) is 11.8 Å². The number of oxazole rings is 1. The second-order valence-corrected chi connectivity index (χ2v) is 6.79. The summed E-state index contributed by atoms with van der Waals surface area (Å²) >= 11 is 1.62. The van der Waals surface area contributed by atoms with Gasteiger partial charge in [0.05, 0.1) is 6.20 Å². The largest absolute Gasteiger partial charge is 0.440 e. The van der Waals surface area contributed by atoms with Crippen molar-refractivity contribution in [2.24, 2.45) is 0 Å². The van der Waals surface area contributed by atoms with Gasteiger partial charge in [0.25, 0.3) is 5.22 Å². The van der Waals surface area contributed by atoms with Gasteiger partial charge in [0.15, 0.2) is 0 Å². The number of rotatable bonds is 5. The Balaban J connectivity index is 2.04. The Labute approximate surface area is 125 Å². The summed E-state index contributed by atoms with van der Waals surface area (Å²) in [4.78, 5) is 4.13. The summed E-state index contributed by atoms with van der Waals surface area (Å²) in [6.45, 7) is 6.70. The van der Waals surface area contributed by atoms with Gasteiger partial charge in [-0.1, -0.05) is 56.8 Å². The van der Waals surface area contributed by atoms with Crippen LogP contribution in [-0.4, -0.2) is 17.8 Å². The molecule has 0 amide bonds. The molecule has 1 unspecified atom stereocenters. The van der Waals surface area contributed by atoms with Crippen molar-refractivity contribution in [1.29, 1.82) is 0 Å². The van der Waals surface area contributed by atoms with E-state index in [9.17, 15) is 0 Å². The molecule has 20 heavy (non-hydrogen) atoms. The van der Waals surface area contributed by atoms with Gasteiger partial charge in [0.2, 0.25) is 0 Å². The molecular formula is C16H22N2OS. The molecule has 0 spiro atoms. The van der Waals surface area contributed by atoms with Gasteiger partial charge in [0.1, 0.15) is 6.26 Å². The minimum Gasteiger partial charge on any atom is -0.440 e. The molecule has 0 aliphatic heterocycles. The molecule has 1 atom stereocenters. The number of benzene rings is 1. The van der Waals surface area contributed by atoms with E-state index >= 15 is 0 Å². The predicted octanol–water partition coefficient (Wildman–Crippen LogP) is 4.02. The SMILES string of the molecule is CNC(CSc1ncco1)c1ccc(C(C)(C)C)cc1. The van der Waals surface area contributed by atoms with Crippen LogP contribution in [0.3, 0.4) is 0 Å². The van der Waals surface area contributed by atoms with Crippen LogP contribution in [0.2, 0.25) is 0 Å². The molecule has 0 aliphatic rings. The van der Waals surface area contributed by atoms with E-state index in [1.54, 1.807) is 24.2 Å². The average molecular weight is 290 g/mol. The maximum Gasteiger partial charge on any atom is 0.255 e. The van der Waals surface area contributed by atoms with Crippen molar-refractivity contribution in [2.75, 3.05) is 12.8 Å². The van der Waals surface area contributed by atoms with E-state index in [-0.39, 0.29) is 5.41 Å². The van der Waals surface area contributed by atoms with Gasteiger partial charge in [-0.2, -0.15) is 0 Å². The number of thioether (sulfide) groups is 1. The van der Waals surface area contributed by atoms with E-state index in [0.29, 0.717) is 6.04 Å². The van der Waals surface area contributed by atoms with Crippen LogP contribution in [0.1, 0.15) is 37.9 Å². The van der Waals surface area contributed by atoms with E-state index in [2.05, 4.69) is 55.3 Å². The lowest BCUT2D eigenvalue weighted by molar-refractivity contribution is 0.453. The minimum atomic E-state index is 0.195. The Kier molecular flexibility index (Phi) is 4.89. The fourth-order valence-corrected chi connectivity index (χ4v) is 2.93. The Morgan fingerprint density at radius 1 is 1.25 bits per heavy atom. The van der Waals surface area contributed by atoms with Crippen molar-refractivity contribution >= 4 is 11.8 Å². The van der Waals surface area contributed by atoms with Crippen LogP contribution in [0.25, 0.3) is 0 Å². The third-order valence-electron chi connectivity index (χ3n) is 3.31. The maximum atomic E-state index is 5.25. The highest BCUT2D eigenvalue weighted by molar-refractivity contribution is 7.99. The molecule has 4 heteroatoms. The van der Waals surface area contributed by atoms with Crippen LogP contribution in [0.4, 0.5) is 0 Å². The molecule has 0 saturated carbocycles. The third-order valence-corrected chi connectivity index (χ3v) is 4.26. The summed E-state index contributed by atoms with van der Waals surface area (Å²) in [7, 11) is 1.98. The molecule has 0 saturated heterocycles. The molecule has 2 aromatic rings. The molecule has 0 bridgehead atoms. The van der Waals surface area contributed by atoms with Gasteiger partial charge >= 0.3 is 0 Å². The lowest BCUT2D eigenvalue weighted by atomic mass is 9.86. The summed E-state index contributed by atoms with van der Waals surface area (Å²) in [5, 5.41) is 4.07. The number of aromatic nitrogens is 1. The van der Waals surface area contributed by atoms with Crippen molar-refractivity contribution in [1.82, 2.24) is 10.3 Å². The zero-order valence-corrected chi connectivity index (χ0v) is 13.3. The van der Waals surface area contributed by atoms with Crippen LogP contribution >= 0.6 is 11.8 Å². The van der Waals surface area contributed by atoms with Gasteiger partial charge in [-0.25, -0.2) is 4.98 Å². The average Bonchev–Trinajstić information content (AvgIpc) is 2.92. The van der Waals surface area contributed by atoms with Crippen molar-refractivity contribution in [2.45, 2.75) is 37.5 Å². The van der Waals surface area contributed by atoms with E-state index < -0.39 is 0 Å². The van der Waals surface area contributed by atoms with E-state index in [4.69, 9.17) is 4.42 Å². The standard InChI is InChI=1S/C16H22N2OS/c1-16(2,3)13-7-5-12(6-8-13)14(17-4)11-20-15-18-9-10-19-15/h5-10,14,17H,11H2,1-4H3. The summed E-state index contributed by atoms with van der Waals surface area (Å²) in [6, 6.07) is 9.14. The summed E-state index contributed by atoms with van der Waals surface area (Å²) in [5.74, 6) is 0.895. The highest BCUT2D eigenvalue weighted by atomic mass is 32.2. The Bertz CT molecular complexity index is 514. The summed E-state index contributed by atoms with van der Waals surface area (Å²) in [5.41, 5.74) is 2.84. The van der Waals surface area contributed by atoms with Crippen molar-refractivity contribution in [3.8, 4) is 0 Å². The molecular weight excluding hydrogens is 268 g/mol. The fraction of sp³-hybridized carbons (Fsp3) is 0.438. The fourth-order valence-electron chi connectivity index (χ4n) is 2.00. The Hall–Kier alpha value is -1.26. The van der Waals surface area contributed by atoms with Crippen molar-refractivity contribution < 1.29 is 4.42 Å². The van der Waals surface area contributed by atoms with Gasteiger partial charge in [-0.3, -0.25) is 0 Å². The summed E-state index contributed by atoms with van der Waals surface area (Å²) in [6.07, 6.45) is 3.28. The first-order valence-electron chi connectivity index (χ1n) is 6.80. The van der Waals surface area contributed by atoms with Gasteiger partial charge < -0.3 is 9.73 Å². The summed E-state index contributed by atoms with van der Waals surface area (Å²) < 4.78 is 5.25. The molecule has 0 aliphatic carbocycles. The lowest BCUT2D eigenvalue weighted by Crippen LogP contribution is -2.19. The topological polar surface area (TPSA) is 38.1 Å². The van der Waals surface area contributed by atoms with Crippen molar-refractivity contribution in [3.63, 3.8) is 0 Å². The first-order chi connectivity index (χ1) is 9.50. The van der Waals surface area contributed by atoms with E-state index in [0.717, 1.165) is 11.0 Å². The molecule has 2 rings (SSSR count). The van der Waals surface area contributed by atoms with Crippen molar-refractivity contribution in [3.05, 3.63) is 47.9 Å². The number of nitrogens with zero attached hydrogens (tertiary/aromatic N) is 1. The minimum absolute atomic E-state index is 0.195. The zero-order valence-electron chi connectivity index (χ0n) is 12.5. The molecule has 108 valence electrons. The lowest BCUT2D eigenvalue weighted by Gasteiger charge is -2.21. The highest BCUT2D eigenvalue weighted by Gasteiger charge is 2.15. The number of hydrogen-bond donors (Lipinski definition) is 1. The Morgan fingerprint density at radius 2 is 1.95 bits per heavy atom. The van der Waals surface area contributed by atoms with Crippen LogP contribution < -0.4 is 5.32 Å². The monoisotopic (exact) mass is 290 g/mol. The van der Waals surface area contributed by atoms with E-state index in [1.165, 1.54) is 11.1 Å². The molecule has 0 fully saturated rings. The van der Waals surface area contributed by atoms with Crippen LogP contribution in [-0.2, 0) is 5.41 Å². The van der Waals surface area contributed by atoms with Crippen LogP contribution in [0, 0.1) is 0 Å². The smallest absolute Gasteiger partial charge is 0.255 e. The second kappa shape index (κ2) is 6.46. The van der Waals surface area contributed by atoms with Crippen LogP contribution in [0.5, 0.6) is 0 Å². The predicted molar refractivity (Wildman–Crippen MR) is 84.2 cm³/mol. The van der Waals surface area contributed by atoms with Gasteiger partial charge in [-0.05, 0) is 23.6 Å². The third kappa shape index (κ3) is 3.87. The molecule has 1 N–H and O–H groups in total. The second-order valence-electron chi connectivity index (χ2n) is 5.82. The van der Waals surface area contributed by atoms with Gasteiger partial charge in [-0.15, -0.1) is 0 Å². The number of nitrogens with one attached hydrogen (secondary N) is 1. The Morgan fingerprint density at radius 3 is 2.45 bits per heavy atom. The number of hydrogen-bond acceptors (Lipinski definition) is 4. The zero-order chi connectivity index (χ0) is 14.6. The normalized spacial score (nSPS) is 13.4. The molecule has 3 nitrogen and oxygen atoms in total.